The lowest BCUT2D eigenvalue weighted by atomic mass is 10.2. The molecule has 100 valence electrons. The Kier molecular flexibility index (Phi) is 3.50. The Hall–Kier alpha value is -2.37. The number of nitrogens with zero attached hydrogens (tertiary/aromatic N) is 1. The average Bonchev–Trinajstić information content (AvgIpc) is 2.93. The highest BCUT2D eigenvalue weighted by Crippen LogP contribution is 2.32. The minimum Gasteiger partial charge on any atom is -0.439 e. The van der Waals surface area contributed by atoms with Gasteiger partial charge in [0.15, 0.2) is 0 Å². The van der Waals surface area contributed by atoms with Crippen molar-refractivity contribution in [2.24, 2.45) is 0 Å². The van der Waals surface area contributed by atoms with Crippen LogP contribution >= 0.6 is 0 Å². The fourth-order valence-electron chi connectivity index (χ4n) is 1.65. The van der Waals surface area contributed by atoms with Gasteiger partial charge in [0.25, 0.3) is 0 Å². The van der Waals surface area contributed by atoms with E-state index >= 15 is 0 Å². The third kappa shape index (κ3) is 3.31. The van der Waals surface area contributed by atoms with Crippen molar-refractivity contribution < 1.29 is 19.1 Å². The molecule has 2 amide bonds. The zero-order chi connectivity index (χ0) is 14.0. The molecule has 0 aromatic heterocycles. The maximum Gasteiger partial charge on any atom is 0.304 e. The van der Waals surface area contributed by atoms with Gasteiger partial charge in [-0.1, -0.05) is 18.2 Å². The molecule has 0 spiro atoms. The van der Waals surface area contributed by atoms with Crippen LogP contribution in [0.1, 0.15) is 20.3 Å². The summed E-state index contributed by atoms with van der Waals surface area (Å²) >= 11 is 0. The Labute approximate surface area is 110 Å². The zero-order valence-corrected chi connectivity index (χ0v) is 10.7. The van der Waals surface area contributed by atoms with Crippen molar-refractivity contribution >= 4 is 17.8 Å². The summed E-state index contributed by atoms with van der Waals surface area (Å²) in [6.45, 7) is 2.52. The molecule has 3 rings (SSSR count). The number of carbonyl (C=O) groups excluding carboxylic acids is 3. The molecule has 1 fully saturated rings. The van der Waals surface area contributed by atoms with Gasteiger partial charge in [0.2, 0.25) is 18.0 Å². The van der Waals surface area contributed by atoms with Crippen molar-refractivity contribution in [1.82, 2.24) is 10.4 Å². The lowest BCUT2D eigenvalue weighted by Crippen LogP contribution is -2.61. The number of β-lactam (4-membered cyclic amide) rings is 1. The molecule has 1 N–H and O–H groups in total. The molecule has 3 aliphatic rings. The number of fused-ring (bicyclic) bond motifs is 1. The number of hydrazine groups is 1. The standard InChI is InChI=1S/C7H10N2O4.C6H4/c1-4(10)8-9-6(12)3-7(9)13-5(2)11;1-2-5-4-6(5)3-1/h7H,3H2,1-2H3,(H,8,10);1-4H/t7-;/m0./s1. The number of esters is 1. The second-order valence-corrected chi connectivity index (χ2v) is 4.28. The van der Waals surface area contributed by atoms with E-state index in [4.69, 9.17) is 4.74 Å². The van der Waals surface area contributed by atoms with Crippen LogP contribution in [0.5, 0.6) is 0 Å². The zero-order valence-electron chi connectivity index (χ0n) is 10.7. The van der Waals surface area contributed by atoms with Crippen molar-refractivity contribution in [3.63, 3.8) is 0 Å². The van der Waals surface area contributed by atoms with Gasteiger partial charge in [0.05, 0.1) is 6.42 Å². The maximum absolute atomic E-state index is 10.9. The third-order valence-electron chi connectivity index (χ3n) is 2.60. The smallest absolute Gasteiger partial charge is 0.304 e. The summed E-state index contributed by atoms with van der Waals surface area (Å²) in [6, 6.07) is 8.48. The summed E-state index contributed by atoms with van der Waals surface area (Å²) in [6.07, 6.45) is -0.520. The van der Waals surface area contributed by atoms with E-state index < -0.39 is 12.2 Å². The van der Waals surface area contributed by atoms with Crippen molar-refractivity contribution in [3.05, 3.63) is 24.3 Å². The van der Waals surface area contributed by atoms with Gasteiger partial charge in [-0.3, -0.25) is 19.8 Å². The molecule has 6 nitrogen and oxygen atoms in total. The van der Waals surface area contributed by atoms with Gasteiger partial charge in [-0.25, -0.2) is 5.01 Å². The van der Waals surface area contributed by atoms with Gasteiger partial charge < -0.3 is 4.74 Å². The quantitative estimate of drug-likeness (QED) is 0.642. The summed E-state index contributed by atoms with van der Waals surface area (Å²) in [7, 11) is 0. The van der Waals surface area contributed by atoms with Crippen LogP contribution in [0.15, 0.2) is 24.3 Å². The van der Waals surface area contributed by atoms with Crippen LogP contribution in [-0.2, 0) is 19.1 Å². The molecule has 1 atom stereocenters. The van der Waals surface area contributed by atoms with Crippen LogP contribution in [0, 0.1) is 0 Å². The Morgan fingerprint density at radius 3 is 2.26 bits per heavy atom. The molecule has 0 saturated carbocycles. The first-order chi connectivity index (χ1) is 8.97. The van der Waals surface area contributed by atoms with Crippen LogP contribution < -0.4 is 5.43 Å². The second kappa shape index (κ2) is 5.09. The van der Waals surface area contributed by atoms with E-state index in [1.54, 1.807) is 0 Å². The van der Waals surface area contributed by atoms with Crippen LogP contribution in [0.2, 0.25) is 0 Å². The van der Waals surface area contributed by atoms with Crippen molar-refractivity contribution in [2.45, 2.75) is 26.5 Å². The molecule has 0 radical (unpaired) electrons. The van der Waals surface area contributed by atoms with Crippen LogP contribution in [0.3, 0.4) is 0 Å². The topological polar surface area (TPSA) is 75.7 Å². The predicted octanol–water partition coefficient (Wildman–Crippen LogP) is 0.826. The summed E-state index contributed by atoms with van der Waals surface area (Å²) in [5.74, 6) is -1.11. The molecule has 0 unspecified atom stereocenters. The number of amides is 2. The van der Waals surface area contributed by atoms with Gasteiger partial charge in [0, 0.05) is 13.8 Å². The fourth-order valence-corrected chi connectivity index (χ4v) is 1.65. The number of carbonyl (C=O) groups is 3. The third-order valence-corrected chi connectivity index (χ3v) is 2.60. The summed E-state index contributed by atoms with van der Waals surface area (Å²) in [5, 5.41) is 1.00. The first-order valence-electron chi connectivity index (χ1n) is 5.84. The van der Waals surface area contributed by atoms with Crippen molar-refractivity contribution in [1.29, 1.82) is 0 Å². The normalized spacial score (nSPS) is 17.7. The summed E-state index contributed by atoms with van der Waals surface area (Å²) < 4.78 is 4.72. The largest absolute Gasteiger partial charge is 0.439 e. The predicted molar refractivity (Wildman–Crippen MR) is 66.3 cm³/mol. The SMILES string of the molecule is CC(=O)NN1C(=O)C[C@@H]1OC(C)=O.c1cc2cc-2c1. The number of ether oxygens (including phenoxy) is 1. The number of hydrogen-bond donors (Lipinski definition) is 1. The molecular formula is C13H14N2O4. The van der Waals surface area contributed by atoms with Crippen molar-refractivity contribution in [3.8, 4) is 11.1 Å². The molecule has 6 heteroatoms. The first kappa shape index (κ1) is 13.1. The second-order valence-electron chi connectivity index (χ2n) is 4.28. The van der Waals surface area contributed by atoms with Gasteiger partial charge in [-0.15, -0.1) is 0 Å². The van der Waals surface area contributed by atoms with E-state index in [-0.39, 0.29) is 18.2 Å². The minimum absolute atomic E-state index is 0.125. The average molecular weight is 262 g/mol. The van der Waals surface area contributed by atoms with E-state index in [2.05, 4.69) is 29.7 Å². The first-order valence-corrected chi connectivity index (χ1v) is 5.84. The fraction of sp³-hybridized carbons (Fsp3) is 0.308. The molecule has 1 heterocycles. The van der Waals surface area contributed by atoms with E-state index in [0.29, 0.717) is 0 Å². The van der Waals surface area contributed by atoms with E-state index in [0.717, 1.165) is 5.01 Å². The Morgan fingerprint density at radius 2 is 1.95 bits per heavy atom. The van der Waals surface area contributed by atoms with E-state index in [1.807, 2.05) is 0 Å². The molecule has 0 aromatic carbocycles. The highest BCUT2D eigenvalue weighted by Gasteiger charge is 2.39. The van der Waals surface area contributed by atoms with Crippen molar-refractivity contribution in [2.75, 3.05) is 0 Å². The van der Waals surface area contributed by atoms with E-state index in [9.17, 15) is 14.4 Å². The molecule has 19 heavy (non-hydrogen) atoms. The van der Waals surface area contributed by atoms with E-state index in [1.165, 1.54) is 25.0 Å². The Morgan fingerprint density at radius 1 is 1.32 bits per heavy atom. The highest BCUT2D eigenvalue weighted by atomic mass is 16.6. The number of benzene rings is 1. The van der Waals surface area contributed by atoms with Gasteiger partial charge in [0.1, 0.15) is 0 Å². The highest BCUT2D eigenvalue weighted by molar-refractivity contribution is 5.86. The number of rotatable bonds is 2. The number of nitrogens with one attached hydrogen (secondary N) is 1. The van der Waals surface area contributed by atoms with Gasteiger partial charge in [-0.2, -0.15) is 0 Å². The van der Waals surface area contributed by atoms with Crippen LogP contribution in [-0.4, -0.2) is 29.0 Å². The molecular weight excluding hydrogens is 248 g/mol. The molecule has 2 aliphatic carbocycles. The van der Waals surface area contributed by atoms with Crippen LogP contribution in [0.25, 0.3) is 11.1 Å². The Bertz CT molecular complexity index is 524. The maximum atomic E-state index is 10.9. The summed E-state index contributed by atoms with van der Waals surface area (Å²) in [5.41, 5.74) is 5.10. The summed E-state index contributed by atoms with van der Waals surface area (Å²) in [4.78, 5) is 32.0. The molecule has 1 saturated heterocycles. The Balaban J connectivity index is 0.000000180. The monoisotopic (exact) mass is 262 g/mol. The number of hydrogen-bond acceptors (Lipinski definition) is 4. The molecule has 1 aliphatic heterocycles. The lowest BCUT2D eigenvalue weighted by molar-refractivity contribution is -0.191. The molecule has 0 bridgehead atoms. The lowest BCUT2D eigenvalue weighted by Gasteiger charge is -2.38. The van der Waals surface area contributed by atoms with Gasteiger partial charge in [-0.05, 0) is 17.2 Å². The minimum atomic E-state index is -0.645. The van der Waals surface area contributed by atoms with Gasteiger partial charge >= 0.3 is 5.97 Å². The molecule has 0 aromatic rings. The van der Waals surface area contributed by atoms with Crippen LogP contribution in [0.4, 0.5) is 0 Å².